The fraction of sp³-hybridized carbons (Fsp3) is 0.231. The number of benzene rings is 1. The Balaban J connectivity index is 2.15. The van der Waals surface area contributed by atoms with Crippen molar-refractivity contribution in [2.24, 2.45) is 0 Å². The number of aryl methyl sites for hydroxylation is 1. The van der Waals surface area contributed by atoms with Gasteiger partial charge in [-0.25, -0.2) is 9.37 Å². The van der Waals surface area contributed by atoms with E-state index in [1.54, 1.807) is 19.1 Å². The van der Waals surface area contributed by atoms with Crippen LogP contribution in [0.4, 0.5) is 15.9 Å². The fourth-order valence-corrected chi connectivity index (χ4v) is 1.63. The van der Waals surface area contributed by atoms with Crippen LogP contribution < -0.4 is 15.8 Å². The number of nitrogens with zero attached hydrogens (tertiary/aromatic N) is 2. The zero-order valence-corrected chi connectivity index (χ0v) is 10.8. The van der Waals surface area contributed by atoms with Gasteiger partial charge in [-0.2, -0.15) is 4.98 Å². The van der Waals surface area contributed by atoms with Gasteiger partial charge in [0.1, 0.15) is 17.3 Å². The molecule has 3 N–H and O–H groups in total. The molecule has 0 amide bonds. The molecule has 0 atom stereocenters. The van der Waals surface area contributed by atoms with Crippen molar-refractivity contribution >= 4 is 11.5 Å². The van der Waals surface area contributed by atoms with Crippen molar-refractivity contribution < 1.29 is 9.13 Å². The third-order valence-electron chi connectivity index (χ3n) is 2.59. The first-order chi connectivity index (χ1) is 9.10. The summed E-state index contributed by atoms with van der Waals surface area (Å²) in [6.45, 7) is 2.25. The molecule has 0 radical (unpaired) electrons. The molecule has 2 rings (SSSR count). The molecule has 1 aromatic heterocycles. The van der Waals surface area contributed by atoms with E-state index in [-0.39, 0.29) is 5.82 Å². The Kier molecular flexibility index (Phi) is 3.79. The molecule has 0 fully saturated rings. The van der Waals surface area contributed by atoms with Crippen molar-refractivity contribution in [3.05, 3.63) is 41.5 Å². The van der Waals surface area contributed by atoms with E-state index in [0.717, 1.165) is 5.56 Å². The number of ether oxygens (including phenoxy) is 1. The second-order valence-electron chi connectivity index (χ2n) is 4.02. The van der Waals surface area contributed by atoms with Crippen LogP contribution in [0.2, 0.25) is 0 Å². The van der Waals surface area contributed by atoms with Crippen LogP contribution in [-0.4, -0.2) is 17.1 Å². The lowest BCUT2D eigenvalue weighted by Crippen LogP contribution is -2.08. The second kappa shape index (κ2) is 5.51. The zero-order chi connectivity index (χ0) is 13.8. The summed E-state index contributed by atoms with van der Waals surface area (Å²) in [5.41, 5.74) is 7.16. The van der Waals surface area contributed by atoms with Gasteiger partial charge in [0.2, 0.25) is 5.88 Å². The van der Waals surface area contributed by atoms with Crippen molar-refractivity contribution in [3.8, 4) is 5.88 Å². The molecule has 6 heteroatoms. The van der Waals surface area contributed by atoms with Crippen LogP contribution in [-0.2, 0) is 6.54 Å². The Bertz CT molecular complexity index is 572. The first kappa shape index (κ1) is 13.1. The fourth-order valence-electron chi connectivity index (χ4n) is 1.63. The van der Waals surface area contributed by atoms with E-state index < -0.39 is 0 Å². The summed E-state index contributed by atoms with van der Waals surface area (Å²) in [6.07, 6.45) is 0. The molecule has 0 aliphatic carbocycles. The van der Waals surface area contributed by atoms with Crippen LogP contribution in [0.5, 0.6) is 5.88 Å². The van der Waals surface area contributed by atoms with E-state index in [4.69, 9.17) is 10.5 Å². The molecule has 0 spiro atoms. The Labute approximate surface area is 110 Å². The van der Waals surface area contributed by atoms with E-state index in [1.807, 2.05) is 0 Å². The standard InChI is InChI=1S/C13H15FN4O/c1-8-17-12(11(15)13(18-8)19-2)16-7-9-3-5-10(14)6-4-9/h3-6H,7,15H2,1-2H3,(H,16,17,18). The number of anilines is 2. The number of aromatic nitrogens is 2. The molecule has 1 heterocycles. The first-order valence-electron chi connectivity index (χ1n) is 5.76. The van der Waals surface area contributed by atoms with Gasteiger partial charge >= 0.3 is 0 Å². The molecule has 0 aliphatic heterocycles. The van der Waals surface area contributed by atoms with Gasteiger partial charge in [0.15, 0.2) is 5.82 Å². The lowest BCUT2D eigenvalue weighted by atomic mass is 10.2. The van der Waals surface area contributed by atoms with Crippen LogP contribution in [0.1, 0.15) is 11.4 Å². The molecule has 0 unspecified atom stereocenters. The lowest BCUT2D eigenvalue weighted by molar-refractivity contribution is 0.398. The minimum atomic E-state index is -0.261. The average Bonchev–Trinajstić information content (AvgIpc) is 2.41. The Morgan fingerprint density at radius 1 is 1.26 bits per heavy atom. The summed E-state index contributed by atoms with van der Waals surface area (Å²) >= 11 is 0. The quantitative estimate of drug-likeness (QED) is 0.883. The maximum atomic E-state index is 12.8. The van der Waals surface area contributed by atoms with Crippen LogP contribution in [0.15, 0.2) is 24.3 Å². The Morgan fingerprint density at radius 2 is 1.95 bits per heavy atom. The van der Waals surface area contributed by atoms with E-state index in [9.17, 15) is 4.39 Å². The van der Waals surface area contributed by atoms with Gasteiger partial charge in [0.05, 0.1) is 7.11 Å². The van der Waals surface area contributed by atoms with Crippen molar-refractivity contribution in [1.29, 1.82) is 0 Å². The lowest BCUT2D eigenvalue weighted by Gasteiger charge is -2.11. The van der Waals surface area contributed by atoms with Crippen molar-refractivity contribution in [3.63, 3.8) is 0 Å². The molecule has 19 heavy (non-hydrogen) atoms. The number of rotatable bonds is 4. The highest BCUT2D eigenvalue weighted by Gasteiger charge is 2.10. The second-order valence-corrected chi connectivity index (χ2v) is 4.02. The van der Waals surface area contributed by atoms with Gasteiger partial charge in [-0.05, 0) is 24.6 Å². The number of hydrogen-bond donors (Lipinski definition) is 2. The Morgan fingerprint density at radius 3 is 2.58 bits per heavy atom. The number of methoxy groups -OCH3 is 1. The van der Waals surface area contributed by atoms with Gasteiger partial charge in [0.25, 0.3) is 0 Å². The van der Waals surface area contributed by atoms with Crippen molar-refractivity contribution in [2.75, 3.05) is 18.2 Å². The third-order valence-corrected chi connectivity index (χ3v) is 2.59. The summed E-state index contributed by atoms with van der Waals surface area (Å²) in [7, 11) is 1.50. The SMILES string of the molecule is COc1nc(C)nc(NCc2ccc(F)cc2)c1N. The highest BCUT2D eigenvalue weighted by Crippen LogP contribution is 2.25. The molecular formula is C13H15FN4O. The van der Waals surface area contributed by atoms with Gasteiger partial charge in [0, 0.05) is 6.54 Å². The highest BCUT2D eigenvalue weighted by molar-refractivity contribution is 5.66. The Hall–Kier alpha value is -2.37. The normalized spacial score (nSPS) is 10.3. The maximum absolute atomic E-state index is 12.8. The summed E-state index contributed by atoms with van der Waals surface area (Å²) in [6, 6.07) is 6.21. The molecule has 100 valence electrons. The minimum absolute atomic E-state index is 0.261. The molecule has 0 bridgehead atoms. The average molecular weight is 262 g/mol. The number of hydrogen-bond acceptors (Lipinski definition) is 5. The molecule has 0 saturated carbocycles. The maximum Gasteiger partial charge on any atom is 0.242 e. The van der Waals surface area contributed by atoms with Crippen molar-refractivity contribution in [1.82, 2.24) is 9.97 Å². The van der Waals surface area contributed by atoms with Gasteiger partial charge < -0.3 is 15.8 Å². The van der Waals surface area contributed by atoms with Crippen LogP contribution in [0.3, 0.4) is 0 Å². The predicted molar refractivity (Wildman–Crippen MR) is 71.5 cm³/mol. The molecular weight excluding hydrogens is 247 g/mol. The summed E-state index contributed by atoms with van der Waals surface area (Å²) in [5.74, 6) is 1.15. The molecule has 1 aromatic carbocycles. The van der Waals surface area contributed by atoms with E-state index in [2.05, 4.69) is 15.3 Å². The van der Waals surface area contributed by atoms with Gasteiger partial charge in [-0.3, -0.25) is 0 Å². The van der Waals surface area contributed by atoms with Crippen LogP contribution >= 0.6 is 0 Å². The smallest absolute Gasteiger partial charge is 0.242 e. The topological polar surface area (TPSA) is 73.1 Å². The number of halogens is 1. The third kappa shape index (κ3) is 3.09. The van der Waals surface area contributed by atoms with Crippen LogP contribution in [0.25, 0.3) is 0 Å². The highest BCUT2D eigenvalue weighted by atomic mass is 19.1. The number of nitrogens with one attached hydrogen (secondary N) is 1. The number of nitrogen functional groups attached to an aromatic ring is 1. The van der Waals surface area contributed by atoms with Crippen LogP contribution in [0, 0.1) is 12.7 Å². The molecule has 0 aliphatic rings. The van der Waals surface area contributed by atoms with Crippen molar-refractivity contribution in [2.45, 2.75) is 13.5 Å². The van der Waals surface area contributed by atoms with E-state index >= 15 is 0 Å². The summed E-state index contributed by atoms with van der Waals surface area (Å²) < 4.78 is 17.9. The summed E-state index contributed by atoms with van der Waals surface area (Å²) in [4.78, 5) is 8.28. The zero-order valence-electron chi connectivity index (χ0n) is 10.8. The van der Waals surface area contributed by atoms with Gasteiger partial charge in [-0.1, -0.05) is 12.1 Å². The predicted octanol–water partition coefficient (Wildman–Crippen LogP) is 2.13. The first-order valence-corrected chi connectivity index (χ1v) is 5.76. The van der Waals surface area contributed by atoms with E-state index in [0.29, 0.717) is 29.8 Å². The van der Waals surface area contributed by atoms with E-state index in [1.165, 1.54) is 19.2 Å². The van der Waals surface area contributed by atoms with Gasteiger partial charge in [-0.15, -0.1) is 0 Å². The molecule has 5 nitrogen and oxygen atoms in total. The molecule has 2 aromatic rings. The summed E-state index contributed by atoms with van der Waals surface area (Å²) in [5, 5.41) is 3.09. The minimum Gasteiger partial charge on any atom is -0.479 e. The monoisotopic (exact) mass is 262 g/mol. The number of nitrogens with two attached hydrogens (primary N) is 1. The molecule has 0 saturated heterocycles. The largest absolute Gasteiger partial charge is 0.479 e.